The number of hydrogen-bond donors (Lipinski definition) is 1. The molecule has 0 fully saturated rings. The van der Waals surface area contributed by atoms with E-state index in [2.05, 4.69) is 6.92 Å². The molecule has 0 spiro atoms. The number of para-hydroxylation sites is 1. The molecule has 0 aliphatic rings. The minimum absolute atomic E-state index is 0.121. The summed E-state index contributed by atoms with van der Waals surface area (Å²) in [4.78, 5) is 12.3. The van der Waals surface area contributed by atoms with Crippen molar-refractivity contribution in [1.29, 1.82) is 0 Å². The molecule has 1 rings (SSSR count). The van der Waals surface area contributed by atoms with Gasteiger partial charge in [-0.1, -0.05) is 95.8 Å². The van der Waals surface area contributed by atoms with E-state index >= 15 is 0 Å². The van der Waals surface area contributed by atoms with Crippen LogP contribution in [0.3, 0.4) is 0 Å². The van der Waals surface area contributed by atoms with E-state index in [9.17, 15) is 9.90 Å². The summed E-state index contributed by atoms with van der Waals surface area (Å²) in [5, 5.41) is 10.1. The molecule has 0 saturated carbocycles. The van der Waals surface area contributed by atoms with Gasteiger partial charge < -0.3 is 28.8 Å². The smallest absolute Gasteiger partial charge is 0.377 e. The largest absolute Gasteiger partial charge is 0.476 e. The Morgan fingerprint density at radius 2 is 1.16 bits per heavy atom. The van der Waals surface area contributed by atoms with Gasteiger partial charge in [0.05, 0.1) is 39.6 Å². The predicted octanol–water partition coefficient (Wildman–Crippen LogP) is 7.02. The zero-order valence-corrected chi connectivity index (χ0v) is 23.4. The van der Waals surface area contributed by atoms with Crippen LogP contribution in [0.15, 0.2) is 30.3 Å². The van der Waals surface area contributed by atoms with Crippen molar-refractivity contribution >= 4 is 5.97 Å². The van der Waals surface area contributed by atoms with Crippen molar-refractivity contribution in [2.24, 2.45) is 0 Å². The Balaban J connectivity index is 2.36. The van der Waals surface area contributed by atoms with Gasteiger partial charge in [0.2, 0.25) is 0 Å². The summed E-state index contributed by atoms with van der Waals surface area (Å²) in [6, 6.07) is 9.01. The predicted molar refractivity (Wildman–Crippen MR) is 147 cm³/mol. The Morgan fingerprint density at radius 1 is 0.676 bits per heavy atom. The molecule has 7 nitrogen and oxygen atoms in total. The minimum Gasteiger partial charge on any atom is -0.476 e. The lowest BCUT2D eigenvalue weighted by molar-refractivity contribution is -0.218. The number of rotatable bonds is 27. The fourth-order valence-electron chi connectivity index (χ4n) is 4.09. The van der Waals surface area contributed by atoms with Crippen molar-refractivity contribution in [3.63, 3.8) is 0 Å². The highest BCUT2D eigenvalue weighted by Gasteiger charge is 2.42. The standard InChI is InChI=1S/C30H52O7/c1-3-5-6-7-8-9-10-11-12-13-14-18-21-30(29(31)32,37-28-19-16-15-17-20-28)36-27-26-35-25-24-34-23-22-33-4-2/h15-17,19-20H,3-14,18,21-27H2,1-2H3,(H,31,32). The third kappa shape index (κ3) is 17.5. The summed E-state index contributed by atoms with van der Waals surface area (Å²) in [6.07, 6.45) is 14.9. The average molecular weight is 525 g/mol. The SMILES string of the molecule is CCCCCCCCCCCCCCC(OCCOCCOCCOCC)(Oc1ccccc1)C(=O)O. The summed E-state index contributed by atoms with van der Waals surface area (Å²) in [5.41, 5.74) is 0. The Morgan fingerprint density at radius 3 is 1.68 bits per heavy atom. The van der Waals surface area contributed by atoms with Gasteiger partial charge in [0, 0.05) is 13.0 Å². The molecule has 0 saturated heterocycles. The van der Waals surface area contributed by atoms with Crippen LogP contribution in [0.25, 0.3) is 0 Å². The second kappa shape index (κ2) is 23.4. The maximum absolute atomic E-state index is 12.3. The molecule has 7 heteroatoms. The summed E-state index contributed by atoms with van der Waals surface area (Å²) in [5.74, 6) is -2.36. The molecular weight excluding hydrogens is 472 g/mol. The van der Waals surface area contributed by atoms with E-state index in [0.717, 1.165) is 19.3 Å². The van der Waals surface area contributed by atoms with Crippen molar-refractivity contribution in [2.45, 2.75) is 103 Å². The number of unbranched alkanes of at least 4 members (excludes halogenated alkanes) is 11. The molecule has 1 atom stereocenters. The number of aliphatic carboxylic acids is 1. The first-order valence-corrected chi connectivity index (χ1v) is 14.5. The molecule has 0 aliphatic carbocycles. The first-order valence-electron chi connectivity index (χ1n) is 14.5. The third-order valence-corrected chi connectivity index (χ3v) is 6.22. The van der Waals surface area contributed by atoms with Gasteiger partial charge in [-0.05, 0) is 25.5 Å². The molecule has 0 bridgehead atoms. The van der Waals surface area contributed by atoms with Crippen molar-refractivity contribution in [2.75, 3.05) is 46.2 Å². The van der Waals surface area contributed by atoms with Gasteiger partial charge in [0.1, 0.15) is 5.75 Å². The highest BCUT2D eigenvalue weighted by Crippen LogP contribution is 2.26. The van der Waals surface area contributed by atoms with Crippen LogP contribution < -0.4 is 4.74 Å². The van der Waals surface area contributed by atoms with Crippen molar-refractivity contribution in [3.8, 4) is 5.75 Å². The molecule has 0 aliphatic heterocycles. The van der Waals surface area contributed by atoms with Gasteiger partial charge in [-0.25, -0.2) is 4.79 Å². The maximum atomic E-state index is 12.3. The maximum Gasteiger partial charge on any atom is 0.377 e. The number of benzene rings is 1. The zero-order valence-electron chi connectivity index (χ0n) is 23.4. The normalized spacial score (nSPS) is 12.9. The second-order valence-corrected chi connectivity index (χ2v) is 9.38. The highest BCUT2D eigenvalue weighted by atomic mass is 16.7. The van der Waals surface area contributed by atoms with Gasteiger partial charge in [-0.2, -0.15) is 0 Å². The van der Waals surface area contributed by atoms with Crippen molar-refractivity contribution < 1.29 is 33.6 Å². The van der Waals surface area contributed by atoms with Crippen molar-refractivity contribution in [3.05, 3.63) is 30.3 Å². The molecule has 0 amide bonds. The van der Waals surface area contributed by atoms with Gasteiger partial charge in [-0.15, -0.1) is 0 Å². The van der Waals surface area contributed by atoms with E-state index in [1.165, 1.54) is 57.8 Å². The number of carboxylic acids is 1. The summed E-state index contributed by atoms with van der Waals surface area (Å²) in [7, 11) is 0. The quantitative estimate of drug-likeness (QED) is 0.0977. The molecule has 1 unspecified atom stereocenters. The molecule has 1 aromatic rings. The van der Waals surface area contributed by atoms with E-state index in [0.29, 0.717) is 38.8 Å². The van der Waals surface area contributed by atoms with E-state index < -0.39 is 11.8 Å². The van der Waals surface area contributed by atoms with Gasteiger partial charge in [0.25, 0.3) is 0 Å². The molecule has 0 heterocycles. The lowest BCUT2D eigenvalue weighted by Crippen LogP contribution is -2.48. The first kappa shape index (κ1) is 33.4. The van der Waals surface area contributed by atoms with E-state index in [1.807, 2.05) is 25.1 Å². The van der Waals surface area contributed by atoms with Crippen LogP contribution in [0.4, 0.5) is 0 Å². The van der Waals surface area contributed by atoms with Gasteiger partial charge in [0.15, 0.2) is 0 Å². The van der Waals surface area contributed by atoms with Crippen LogP contribution >= 0.6 is 0 Å². The second-order valence-electron chi connectivity index (χ2n) is 9.38. The fraction of sp³-hybridized carbons (Fsp3) is 0.767. The molecule has 214 valence electrons. The van der Waals surface area contributed by atoms with E-state index in [1.54, 1.807) is 12.1 Å². The van der Waals surface area contributed by atoms with Crippen LogP contribution in [0.2, 0.25) is 0 Å². The average Bonchev–Trinajstić information content (AvgIpc) is 2.90. The van der Waals surface area contributed by atoms with Crippen LogP contribution in [0, 0.1) is 0 Å². The Labute approximate surface area is 225 Å². The summed E-state index contributed by atoms with van der Waals surface area (Å²) >= 11 is 0. The Hall–Kier alpha value is -1.67. The molecule has 0 aromatic heterocycles. The van der Waals surface area contributed by atoms with Gasteiger partial charge in [-0.3, -0.25) is 0 Å². The molecule has 0 radical (unpaired) electrons. The lowest BCUT2D eigenvalue weighted by Gasteiger charge is -2.30. The highest BCUT2D eigenvalue weighted by molar-refractivity contribution is 5.76. The minimum atomic E-state index is -1.73. The van der Waals surface area contributed by atoms with E-state index in [4.69, 9.17) is 23.7 Å². The molecule has 1 N–H and O–H groups in total. The number of hydrogen-bond acceptors (Lipinski definition) is 6. The van der Waals surface area contributed by atoms with Crippen LogP contribution in [0.5, 0.6) is 5.75 Å². The zero-order chi connectivity index (χ0) is 26.9. The third-order valence-electron chi connectivity index (χ3n) is 6.22. The summed E-state index contributed by atoms with van der Waals surface area (Å²) in [6.45, 7) is 7.21. The fourth-order valence-corrected chi connectivity index (χ4v) is 4.09. The van der Waals surface area contributed by atoms with Crippen molar-refractivity contribution in [1.82, 2.24) is 0 Å². The lowest BCUT2D eigenvalue weighted by atomic mass is 10.0. The molecule has 1 aromatic carbocycles. The number of carbonyl (C=O) groups is 1. The van der Waals surface area contributed by atoms with Crippen LogP contribution in [-0.4, -0.2) is 63.1 Å². The van der Waals surface area contributed by atoms with Crippen LogP contribution in [0.1, 0.15) is 97.3 Å². The number of carboxylic acid groups (broad SMARTS) is 1. The number of ether oxygens (including phenoxy) is 5. The first-order chi connectivity index (χ1) is 18.1. The van der Waals surface area contributed by atoms with Gasteiger partial charge >= 0.3 is 11.8 Å². The molecular formula is C30H52O7. The topological polar surface area (TPSA) is 83.5 Å². The molecule has 37 heavy (non-hydrogen) atoms. The Kier molecular flexibility index (Phi) is 21.1. The Bertz CT molecular complexity index is 640. The monoisotopic (exact) mass is 524 g/mol. The van der Waals surface area contributed by atoms with E-state index in [-0.39, 0.29) is 19.6 Å². The summed E-state index contributed by atoms with van der Waals surface area (Å²) < 4.78 is 28.0. The van der Waals surface area contributed by atoms with Crippen LogP contribution in [-0.2, 0) is 23.7 Å².